The van der Waals surface area contributed by atoms with Crippen molar-refractivity contribution in [1.29, 1.82) is 5.26 Å². The van der Waals surface area contributed by atoms with Crippen molar-refractivity contribution in [3.05, 3.63) is 35.8 Å². The van der Waals surface area contributed by atoms with Gasteiger partial charge in [-0.1, -0.05) is 0 Å². The third-order valence-corrected chi connectivity index (χ3v) is 2.69. The lowest BCUT2D eigenvalue weighted by Crippen LogP contribution is -1.99. The Labute approximate surface area is 120 Å². The highest BCUT2D eigenvalue weighted by atomic mass is 16.5. The molecule has 2 N–H and O–H groups in total. The van der Waals surface area contributed by atoms with E-state index in [1.165, 1.54) is 20.2 Å². The number of rotatable bonds is 5. The number of nitrogens with zero attached hydrogens (tertiary/aromatic N) is 4. The van der Waals surface area contributed by atoms with Crippen molar-refractivity contribution in [3.8, 4) is 11.8 Å². The summed E-state index contributed by atoms with van der Waals surface area (Å²) in [4.78, 5) is 11.3. The van der Waals surface area contributed by atoms with Crippen LogP contribution in [-0.2, 0) is 0 Å². The molecular weight excluding hydrogens is 272 g/mol. The molecule has 0 unspecified atom stereocenters. The molecule has 0 fully saturated rings. The second kappa shape index (κ2) is 6.29. The standard InChI is InChI=1S/C13H12N6O2/c1-8(20)9-3-4-11(12(5-9)21-2)15-7-10(6-14)13-16-18-19-17-13/h3-5,7,15H,1-2H3,(H,16,17,18,19). The fourth-order valence-corrected chi connectivity index (χ4v) is 1.60. The zero-order valence-corrected chi connectivity index (χ0v) is 11.4. The van der Waals surface area contributed by atoms with E-state index in [-0.39, 0.29) is 17.2 Å². The maximum Gasteiger partial charge on any atom is 0.216 e. The number of aromatic nitrogens is 4. The lowest BCUT2D eigenvalue weighted by atomic mass is 10.1. The molecule has 1 aromatic heterocycles. The van der Waals surface area contributed by atoms with Crippen molar-refractivity contribution in [2.24, 2.45) is 0 Å². The number of aromatic amines is 1. The molecule has 0 atom stereocenters. The second-order valence-corrected chi connectivity index (χ2v) is 4.02. The molecule has 8 nitrogen and oxygen atoms in total. The number of benzene rings is 1. The minimum Gasteiger partial charge on any atom is -0.495 e. The van der Waals surface area contributed by atoms with E-state index in [0.29, 0.717) is 17.0 Å². The van der Waals surface area contributed by atoms with Crippen LogP contribution >= 0.6 is 0 Å². The number of methoxy groups -OCH3 is 1. The summed E-state index contributed by atoms with van der Waals surface area (Å²) in [5, 5.41) is 25.1. The minimum atomic E-state index is -0.0556. The number of nitriles is 1. The summed E-state index contributed by atoms with van der Waals surface area (Å²) in [5.41, 5.74) is 1.36. The van der Waals surface area contributed by atoms with Gasteiger partial charge in [-0.15, -0.1) is 10.2 Å². The van der Waals surface area contributed by atoms with E-state index in [0.717, 1.165) is 0 Å². The van der Waals surface area contributed by atoms with Crippen LogP contribution in [0, 0.1) is 11.3 Å². The molecule has 8 heteroatoms. The highest BCUT2D eigenvalue weighted by molar-refractivity contribution is 5.95. The van der Waals surface area contributed by atoms with Crippen molar-refractivity contribution in [1.82, 2.24) is 20.6 Å². The Morgan fingerprint density at radius 1 is 1.52 bits per heavy atom. The van der Waals surface area contributed by atoms with E-state index in [4.69, 9.17) is 10.00 Å². The molecule has 0 aliphatic rings. The molecule has 1 aromatic carbocycles. The number of hydrogen-bond acceptors (Lipinski definition) is 7. The van der Waals surface area contributed by atoms with Crippen molar-refractivity contribution < 1.29 is 9.53 Å². The predicted octanol–water partition coefficient (Wildman–Crippen LogP) is 1.39. The maximum absolute atomic E-state index is 11.3. The molecular formula is C13H12N6O2. The summed E-state index contributed by atoms with van der Waals surface area (Å²) < 4.78 is 5.22. The number of hydrogen-bond donors (Lipinski definition) is 2. The van der Waals surface area contributed by atoms with Crippen LogP contribution in [0.25, 0.3) is 5.57 Å². The van der Waals surface area contributed by atoms with Crippen LogP contribution in [0.15, 0.2) is 24.4 Å². The third-order valence-electron chi connectivity index (χ3n) is 2.69. The number of carbonyl (C=O) groups excluding carboxylic acids is 1. The van der Waals surface area contributed by atoms with Gasteiger partial charge in [0.25, 0.3) is 0 Å². The monoisotopic (exact) mass is 284 g/mol. The van der Waals surface area contributed by atoms with Gasteiger partial charge in [-0.25, -0.2) is 0 Å². The van der Waals surface area contributed by atoms with Gasteiger partial charge < -0.3 is 10.1 Å². The first-order valence-corrected chi connectivity index (χ1v) is 5.95. The number of nitrogens with one attached hydrogen (secondary N) is 2. The molecule has 0 saturated carbocycles. The van der Waals surface area contributed by atoms with E-state index >= 15 is 0 Å². The number of Topliss-reactive ketones (excluding diaryl/α,β-unsaturated/α-hetero) is 1. The first-order chi connectivity index (χ1) is 10.2. The van der Waals surface area contributed by atoms with E-state index in [9.17, 15) is 4.79 Å². The van der Waals surface area contributed by atoms with Crippen molar-refractivity contribution in [2.75, 3.05) is 12.4 Å². The molecule has 0 aliphatic carbocycles. The van der Waals surface area contributed by atoms with Gasteiger partial charge in [0, 0.05) is 11.8 Å². The minimum absolute atomic E-state index is 0.0556. The van der Waals surface area contributed by atoms with Crippen LogP contribution in [0.2, 0.25) is 0 Å². The van der Waals surface area contributed by atoms with Crippen LogP contribution in [-0.4, -0.2) is 33.5 Å². The quantitative estimate of drug-likeness (QED) is 0.629. The van der Waals surface area contributed by atoms with Crippen molar-refractivity contribution in [2.45, 2.75) is 6.92 Å². The summed E-state index contributed by atoms with van der Waals surface area (Å²) >= 11 is 0. The van der Waals surface area contributed by atoms with Gasteiger partial charge in [0.2, 0.25) is 5.82 Å². The van der Waals surface area contributed by atoms with Crippen LogP contribution in [0.5, 0.6) is 5.75 Å². The zero-order valence-electron chi connectivity index (χ0n) is 11.4. The fraction of sp³-hybridized carbons (Fsp3) is 0.154. The Balaban J connectivity index is 2.27. The first kappa shape index (κ1) is 14.2. The van der Waals surface area contributed by atoms with E-state index in [1.807, 2.05) is 6.07 Å². The zero-order chi connectivity index (χ0) is 15.2. The van der Waals surface area contributed by atoms with Crippen LogP contribution in [0.4, 0.5) is 5.69 Å². The molecule has 2 rings (SSSR count). The summed E-state index contributed by atoms with van der Waals surface area (Å²) in [5.74, 6) is 0.619. The summed E-state index contributed by atoms with van der Waals surface area (Å²) in [6.45, 7) is 1.48. The van der Waals surface area contributed by atoms with Gasteiger partial charge in [0.1, 0.15) is 17.4 Å². The number of ketones is 1. The molecule has 0 bridgehead atoms. The second-order valence-electron chi connectivity index (χ2n) is 4.02. The average Bonchev–Trinajstić information content (AvgIpc) is 3.02. The third kappa shape index (κ3) is 3.22. The Morgan fingerprint density at radius 3 is 2.90 bits per heavy atom. The highest BCUT2D eigenvalue weighted by Gasteiger charge is 2.08. The number of ether oxygens (including phenoxy) is 1. The number of H-pyrrole nitrogens is 1. The summed E-state index contributed by atoms with van der Waals surface area (Å²) in [6.07, 6.45) is 1.44. The first-order valence-electron chi connectivity index (χ1n) is 5.95. The Hall–Kier alpha value is -3.21. The molecule has 0 aliphatic heterocycles. The lowest BCUT2D eigenvalue weighted by Gasteiger charge is -2.09. The van der Waals surface area contributed by atoms with Crippen LogP contribution in [0.1, 0.15) is 23.1 Å². The largest absolute Gasteiger partial charge is 0.495 e. The highest BCUT2D eigenvalue weighted by Crippen LogP contribution is 2.26. The normalized spacial score (nSPS) is 10.8. The van der Waals surface area contributed by atoms with Crippen molar-refractivity contribution >= 4 is 17.0 Å². The smallest absolute Gasteiger partial charge is 0.216 e. The number of allylic oxidation sites excluding steroid dienone is 1. The topological polar surface area (TPSA) is 117 Å². The molecule has 0 saturated heterocycles. The van der Waals surface area contributed by atoms with E-state index in [1.54, 1.807) is 18.2 Å². The number of anilines is 1. The lowest BCUT2D eigenvalue weighted by molar-refractivity contribution is 0.101. The van der Waals surface area contributed by atoms with Crippen LogP contribution < -0.4 is 10.1 Å². The molecule has 2 aromatic rings. The summed E-state index contributed by atoms with van der Waals surface area (Å²) in [6, 6.07) is 6.94. The van der Waals surface area contributed by atoms with Gasteiger partial charge in [-0.05, 0) is 30.3 Å². The van der Waals surface area contributed by atoms with Gasteiger partial charge in [-0.3, -0.25) is 4.79 Å². The SMILES string of the molecule is COc1cc(C(C)=O)ccc1NC=C(C#N)c1nn[nH]n1. The van der Waals surface area contributed by atoms with E-state index < -0.39 is 0 Å². The molecule has 106 valence electrons. The van der Waals surface area contributed by atoms with Crippen molar-refractivity contribution in [3.63, 3.8) is 0 Å². The van der Waals surface area contributed by atoms with Gasteiger partial charge >= 0.3 is 0 Å². The Morgan fingerprint density at radius 2 is 2.33 bits per heavy atom. The van der Waals surface area contributed by atoms with Gasteiger partial charge in [0.05, 0.1) is 12.8 Å². The molecule has 1 heterocycles. The summed E-state index contributed by atoms with van der Waals surface area (Å²) in [7, 11) is 1.50. The van der Waals surface area contributed by atoms with Gasteiger partial charge in [0.15, 0.2) is 5.78 Å². The fourth-order valence-electron chi connectivity index (χ4n) is 1.60. The molecule has 0 spiro atoms. The maximum atomic E-state index is 11.3. The molecule has 0 radical (unpaired) electrons. The number of tetrazole rings is 1. The Bertz CT molecular complexity index is 715. The Kier molecular flexibility index (Phi) is 4.26. The van der Waals surface area contributed by atoms with E-state index in [2.05, 4.69) is 25.9 Å². The van der Waals surface area contributed by atoms with Crippen LogP contribution in [0.3, 0.4) is 0 Å². The van der Waals surface area contributed by atoms with Gasteiger partial charge in [-0.2, -0.15) is 10.5 Å². The molecule has 0 amide bonds. The number of carbonyl (C=O) groups is 1. The molecule has 21 heavy (non-hydrogen) atoms. The average molecular weight is 284 g/mol. The predicted molar refractivity (Wildman–Crippen MR) is 74.4 cm³/mol.